The van der Waals surface area contributed by atoms with Crippen molar-refractivity contribution in [3.8, 4) is 5.75 Å². The number of fused-ring (bicyclic) bond motifs is 1. The monoisotopic (exact) mass is 455 g/mol. The minimum Gasteiger partial charge on any atom is -0.503 e. The molecule has 0 aliphatic carbocycles. The number of carbonyl (C=O) groups excluding carboxylic acids is 2. The largest absolute Gasteiger partial charge is 0.503 e. The number of aromatic nitrogens is 1. The zero-order valence-electron chi connectivity index (χ0n) is 17.1. The third-order valence-electron chi connectivity index (χ3n) is 5.26. The van der Waals surface area contributed by atoms with Gasteiger partial charge in [0.2, 0.25) is 5.43 Å². The number of nitrogens with one attached hydrogen (secondary N) is 1. The first kappa shape index (κ1) is 23.3. The van der Waals surface area contributed by atoms with Gasteiger partial charge >= 0.3 is 0 Å². The van der Waals surface area contributed by atoms with Crippen molar-refractivity contribution in [2.24, 2.45) is 0 Å². The summed E-state index contributed by atoms with van der Waals surface area (Å²) < 4.78 is 55.3. The first-order valence-corrected chi connectivity index (χ1v) is 9.94. The highest BCUT2D eigenvalue weighted by atomic mass is 19.1. The van der Waals surface area contributed by atoms with Gasteiger partial charge in [-0.3, -0.25) is 14.4 Å². The molecule has 3 rings (SSSR count). The Balaban J connectivity index is 1.93. The second-order valence-electron chi connectivity index (χ2n) is 7.42. The van der Waals surface area contributed by atoms with Crippen molar-refractivity contribution >= 4 is 11.8 Å². The molecule has 0 fully saturated rings. The predicted molar refractivity (Wildman–Crippen MR) is 106 cm³/mol. The van der Waals surface area contributed by atoms with Crippen molar-refractivity contribution in [1.29, 1.82) is 0 Å². The zero-order chi connectivity index (χ0) is 23.6. The number of hydrogen-bond acceptors (Lipinski definition) is 4. The van der Waals surface area contributed by atoms with Crippen LogP contribution in [0.3, 0.4) is 0 Å². The molecule has 1 aliphatic heterocycles. The van der Waals surface area contributed by atoms with E-state index in [-0.39, 0.29) is 6.54 Å². The lowest BCUT2D eigenvalue weighted by Gasteiger charge is -2.35. The van der Waals surface area contributed by atoms with Crippen LogP contribution in [0.15, 0.2) is 23.1 Å². The first-order valence-electron chi connectivity index (χ1n) is 9.94. The van der Waals surface area contributed by atoms with Gasteiger partial charge in [0.15, 0.2) is 11.4 Å². The summed E-state index contributed by atoms with van der Waals surface area (Å²) in [5, 5.41) is 12.5. The van der Waals surface area contributed by atoms with Gasteiger partial charge in [0.05, 0.1) is 6.04 Å². The molecule has 1 aliphatic rings. The molecule has 0 saturated heterocycles. The van der Waals surface area contributed by atoms with Gasteiger partial charge < -0.3 is 19.9 Å². The van der Waals surface area contributed by atoms with E-state index in [9.17, 15) is 37.1 Å². The Hall–Kier alpha value is -3.37. The summed E-state index contributed by atoms with van der Waals surface area (Å²) in [6, 6.07) is -0.0673. The van der Waals surface area contributed by atoms with Gasteiger partial charge in [-0.25, -0.2) is 17.6 Å². The molecule has 32 heavy (non-hydrogen) atoms. The first-order chi connectivity index (χ1) is 15.2. The zero-order valence-corrected chi connectivity index (χ0v) is 17.1. The lowest BCUT2D eigenvalue weighted by molar-refractivity contribution is 0.0640. The Bertz CT molecular complexity index is 1100. The van der Waals surface area contributed by atoms with Crippen LogP contribution in [0.25, 0.3) is 0 Å². The van der Waals surface area contributed by atoms with Gasteiger partial charge in [-0.2, -0.15) is 0 Å². The average molecular weight is 455 g/mol. The van der Waals surface area contributed by atoms with Crippen molar-refractivity contribution < 1.29 is 32.3 Å². The summed E-state index contributed by atoms with van der Waals surface area (Å²) in [5.41, 5.74) is -2.88. The third kappa shape index (κ3) is 4.32. The number of aromatic hydroxyl groups is 1. The fourth-order valence-electron chi connectivity index (χ4n) is 3.53. The number of amides is 2. The molecule has 0 radical (unpaired) electrons. The Morgan fingerprint density at radius 3 is 2.47 bits per heavy atom. The SMILES string of the molecule is CCCCN1C[C@@H](CF)n2cc(C(=O)NCc3c(F)cc(F)cc3F)c(=O)c(O)c2C1=O. The van der Waals surface area contributed by atoms with E-state index in [1.165, 1.54) is 4.90 Å². The Kier molecular flexibility index (Phi) is 6.85. The van der Waals surface area contributed by atoms with Crippen LogP contribution in [0.4, 0.5) is 17.6 Å². The second-order valence-corrected chi connectivity index (χ2v) is 7.42. The van der Waals surface area contributed by atoms with Crippen LogP contribution in [0.2, 0.25) is 0 Å². The van der Waals surface area contributed by atoms with E-state index in [1.54, 1.807) is 0 Å². The van der Waals surface area contributed by atoms with Gasteiger partial charge in [-0.1, -0.05) is 13.3 Å². The molecule has 2 aromatic rings. The molecular formula is C21H21F4N3O4. The number of carbonyl (C=O) groups is 2. The maximum absolute atomic E-state index is 13.8. The maximum Gasteiger partial charge on any atom is 0.274 e. The highest BCUT2D eigenvalue weighted by Crippen LogP contribution is 2.27. The number of halogens is 4. The van der Waals surface area contributed by atoms with Crippen LogP contribution < -0.4 is 10.7 Å². The highest BCUT2D eigenvalue weighted by molar-refractivity contribution is 5.99. The molecule has 0 saturated carbocycles. The number of unbranched alkanes of at least 4 members (excludes halogenated alkanes) is 1. The summed E-state index contributed by atoms with van der Waals surface area (Å²) >= 11 is 0. The summed E-state index contributed by atoms with van der Waals surface area (Å²) in [6.45, 7) is 0.563. The number of alkyl halides is 1. The van der Waals surface area contributed by atoms with Crippen molar-refractivity contribution in [3.63, 3.8) is 0 Å². The Morgan fingerprint density at radius 2 is 1.88 bits per heavy atom. The molecule has 1 atom stereocenters. The number of hydrogen-bond donors (Lipinski definition) is 2. The normalized spacial score (nSPS) is 15.6. The molecule has 2 amide bonds. The van der Waals surface area contributed by atoms with Crippen LogP contribution in [0.5, 0.6) is 5.75 Å². The van der Waals surface area contributed by atoms with Crippen molar-refractivity contribution in [1.82, 2.24) is 14.8 Å². The van der Waals surface area contributed by atoms with E-state index < -0.39 is 76.5 Å². The van der Waals surface area contributed by atoms with E-state index in [4.69, 9.17) is 0 Å². The van der Waals surface area contributed by atoms with Crippen LogP contribution in [0, 0.1) is 17.5 Å². The van der Waals surface area contributed by atoms with Crippen molar-refractivity contribution in [2.75, 3.05) is 19.8 Å². The van der Waals surface area contributed by atoms with E-state index in [0.717, 1.165) is 17.2 Å². The fraction of sp³-hybridized carbons (Fsp3) is 0.381. The molecule has 2 N–H and O–H groups in total. The number of nitrogens with zero attached hydrogens (tertiary/aromatic N) is 2. The standard InChI is InChI=1S/C21H21F4N3O4/c1-2-3-4-27-9-12(7-22)28-10-14(18(29)19(30)17(28)21(27)32)20(31)26-8-13-15(24)5-11(23)6-16(13)25/h5-6,10,12,30H,2-4,7-9H2,1H3,(H,26,31)/t12-/m1/s1. The van der Waals surface area contributed by atoms with Crippen LogP contribution in [-0.2, 0) is 6.54 Å². The predicted octanol–water partition coefficient (Wildman–Crippen LogP) is 2.67. The van der Waals surface area contributed by atoms with E-state index in [2.05, 4.69) is 5.32 Å². The molecule has 1 aromatic carbocycles. The van der Waals surface area contributed by atoms with E-state index >= 15 is 0 Å². The van der Waals surface area contributed by atoms with Gasteiger partial charge in [-0.15, -0.1) is 0 Å². The lowest BCUT2D eigenvalue weighted by Crippen LogP contribution is -2.46. The molecule has 7 nitrogen and oxygen atoms in total. The average Bonchev–Trinajstić information content (AvgIpc) is 2.74. The molecule has 0 spiro atoms. The summed E-state index contributed by atoms with van der Waals surface area (Å²) in [6.07, 6.45) is 2.37. The molecule has 1 aromatic heterocycles. The lowest BCUT2D eigenvalue weighted by atomic mass is 10.1. The van der Waals surface area contributed by atoms with E-state index in [0.29, 0.717) is 25.1 Å². The van der Waals surface area contributed by atoms with Crippen molar-refractivity contribution in [2.45, 2.75) is 32.4 Å². The number of rotatable bonds is 7. The summed E-state index contributed by atoms with van der Waals surface area (Å²) in [7, 11) is 0. The summed E-state index contributed by atoms with van der Waals surface area (Å²) in [5.74, 6) is -6.39. The van der Waals surface area contributed by atoms with Gasteiger partial charge in [0.25, 0.3) is 11.8 Å². The third-order valence-corrected chi connectivity index (χ3v) is 5.26. The highest BCUT2D eigenvalue weighted by Gasteiger charge is 2.35. The fourth-order valence-corrected chi connectivity index (χ4v) is 3.53. The van der Waals surface area contributed by atoms with E-state index in [1.807, 2.05) is 6.92 Å². The molecular weight excluding hydrogens is 434 g/mol. The van der Waals surface area contributed by atoms with Gasteiger partial charge in [-0.05, 0) is 6.42 Å². The maximum atomic E-state index is 13.8. The Morgan fingerprint density at radius 1 is 1.22 bits per heavy atom. The molecule has 0 bridgehead atoms. The summed E-state index contributed by atoms with van der Waals surface area (Å²) in [4.78, 5) is 39.1. The number of pyridine rings is 1. The second kappa shape index (κ2) is 9.41. The van der Waals surface area contributed by atoms with Crippen LogP contribution >= 0.6 is 0 Å². The molecule has 0 unspecified atom stereocenters. The molecule has 11 heteroatoms. The topological polar surface area (TPSA) is 91.6 Å². The van der Waals surface area contributed by atoms with Crippen LogP contribution in [0.1, 0.15) is 52.2 Å². The van der Waals surface area contributed by atoms with Gasteiger partial charge in [0, 0.05) is 43.5 Å². The van der Waals surface area contributed by atoms with Gasteiger partial charge in [0.1, 0.15) is 29.7 Å². The molecule has 172 valence electrons. The van der Waals surface area contributed by atoms with Crippen LogP contribution in [-0.4, -0.2) is 46.2 Å². The smallest absolute Gasteiger partial charge is 0.274 e. The molecule has 2 heterocycles. The minimum absolute atomic E-state index is 0.0162. The van der Waals surface area contributed by atoms with Crippen molar-refractivity contribution in [3.05, 3.63) is 62.8 Å². The number of benzene rings is 1. The quantitative estimate of drug-likeness (QED) is 0.628. The minimum atomic E-state index is -1.23. The Labute approximate surface area is 180 Å².